The standard InChI is InChI=1S/C17H10ClF4N3O3/c18-14-4-1-9(7-23-14)8-28-10-2-3-12(11(19)5-10)25-13(17(20,21)22)6-15(26)24-16(25)27/h1-7H,8H2,(H,24,26,27). The summed E-state index contributed by atoms with van der Waals surface area (Å²) in [6.07, 6.45) is -3.60. The highest BCUT2D eigenvalue weighted by Crippen LogP contribution is 2.30. The van der Waals surface area contributed by atoms with Crippen LogP contribution in [0.25, 0.3) is 5.69 Å². The number of hydrogen-bond donors (Lipinski definition) is 1. The molecule has 1 N–H and O–H groups in total. The van der Waals surface area contributed by atoms with Crippen LogP contribution >= 0.6 is 11.6 Å². The number of aromatic amines is 1. The maximum atomic E-state index is 14.4. The summed E-state index contributed by atoms with van der Waals surface area (Å²) < 4.78 is 59.3. The van der Waals surface area contributed by atoms with E-state index >= 15 is 0 Å². The number of nitrogens with one attached hydrogen (secondary N) is 1. The molecule has 0 unspecified atom stereocenters. The number of nitrogens with zero attached hydrogens (tertiary/aromatic N) is 2. The summed E-state index contributed by atoms with van der Waals surface area (Å²) in [7, 11) is 0. The van der Waals surface area contributed by atoms with Crippen LogP contribution in [0.4, 0.5) is 17.6 Å². The Bertz CT molecular complexity index is 1120. The molecule has 2 heterocycles. The fourth-order valence-electron chi connectivity index (χ4n) is 2.36. The van der Waals surface area contributed by atoms with E-state index in [1.807, 2.05) is 0 Å². The van der Waals surface area contributed by atoms with Gasteiger partial charge in [-0.25, -0.2) is 14.2 Å². The van der Waals surface area contributed by atoms with Gasteiger partial charge in [-0.3, -0.25) is 14.3 Å². The quantitative estimate of drug-likeness (QED) is 0.524. The van der Waals surface area contributed by atoms with Crippen LogP contribution in [0.15, 0.2) is 52.2 Å². The van der Waals surface area contributed by atoms with Gasteiger partial charge in [-0.05, 0) is 18.2 Å². The van der Waals surface area contributed by atoms with E-state index in [2.05, 4.69) is 4.98 Å². The van der Waals surface area contributed by atoms with Gasteiger partial charge in [-0.2, -0.15) is 13.2 Å². The van der Waals surface area contributed by atoms with Crippen molar-refractivity contribution in [2.75, 3.05) is 0 Å². The minimum Gasteiger partial charge on any atom is -0.489 e. The van der Waals surface area contributed by atoms with E-state index in [9.17, 15) is 27.2 Å². The van der Waals surface area contributed by atoms with Gasteiger partial charge in [0.15, 0.2) is 5.82 Å². The highest BCUT2D eigenvalue weighted by Gasteiger charge is 2.36. The molecule has 0 spiro atoms. The van der Waals surface area contributed by atoms with Crippen LogP contribution in [0.3, 0.4) is 0 Å². The van der Waals surface area contributed by atoms with Crippen molar-refractivity contribution in [1.29, 1.82) is 0 Å². The third kappa shape index (κ3) is 4.22. The van der Waals surface area contributed by atoms with E-state index in [-0.39, 0.29) is 28.1 Å². The molecule has 0 aliphatic carbocycles. The van der Waals surface area contributed by atoms with Crippen molar-refractivity contribution in [3.63, 3.8) is 0 Å². The first-order chi connectivity index (χ1) is 13.1. The summed E-state index contributed by atoms with van der Waals surface area (Å²) in [5.41, 5.74) is -4.31. The molecule has 0 aliphatic rings. The number of hydrogen-bond acceptors (Lipinski definition) is 4. The van der Waals surface area contributed by atoms with Crippen molar-refractivity contribution >= 4 is 11.6 Å². The molecule has 0 saturated heterocycles. The first-order valence-electron chi connectivity index (χ1n) is 7.62. The second-order valence-electron chi connectivity index (χ2n) is 5.55. The van der Waals surface area contributed by atoms with Gasteiger partial charge >= 0.3 is 11.9 Å². The minimum absolute atomic E-state index is 0.00929. The summed E-state index contributed by atoms with van der Waals surface area (Å²) in [5, 5.41) is 0.283. The Morgan fingerprint density at radius 3 is 2.50 bits per heavy atom. The summed E-state index contributed by atoms with van der Waals surface area (Å²) in [6.45, 7) is 0.00929. The zero-order valence-electron chi connectivity index (χ0n) is 13.8. The Morgan fingerprint density at radius 2 is 1.89 bits per heavy atom. The summed E-state index contributed by atoms with van der Waals surface area (Å²) in [4.78, 5) is 28.6. The third-order valence-corrected chi connectivity index (χ3v) is 3.81. The molecule has 0 amide bonds. The fourth-order valence-corrected chi connectivity index (χ4v) is 2.47. The maximum Gasteiger partial charge on any atom is 0.432 e. The zero-order chi connectivity index (χ0) is 20.5. The molecule has 3 aromatic rings. The largest absolute Gasteiger partial charge is 0.489 e. The number of halogens is 5. The lowest BCUT2D eigenvalue weighted by Gasteiger charge is -2.15. The molecule has 0 aliphatic heterocycles. The number of aromatic nitrogens is 3. The molecular formula is C17H10ClF4N3O3. The monoisotopic (exact) mass is 415 g/mol. The smallest absolute Gasteiger partial charge is 0.432 e. The number of alkyl halides is 3. The molecule has 6 nitrogen and oxygen atoms in total. The van der Waals surface area contributed by atoms with Gasteiger partial charge in [0.1, 0.15) is 23.2 Å². The fraction of sp³-hybridized carbons (Fsp3) is 0.118. The predicted molar refractivity (Wildman–Crippen MR) is 91.2 cm³/mol. The van der Waals surface area contributed by atoms with Crippen molar-refractivity contribution in [2.24, 2.45) is 0 Å². The van der Waals surface area contributed by atoms with Gasteiger partial charge in [0.25, 0.3) is 5.56 Å². The number of ether oxygens (including phenoxy) is 1. The third-order valence-electron chi connectivity index (χ3n) is 3.59. The van der Waals surface area contributed by atoms with E-state index in [1.165, 1.54) is 18.3 Å². The summed E-state index contributed by atoms with van der Waals surface area (Å²) >= 11 is 5.66. The van der Waals surface area contributed by atoms with Crippen LogP contribution in [0, 0.1) is 5.82 Å². The Balaban J connectivity index is 1.94. The lowest BCUT2D eigenvalue weighted by molar-refractivity contribution is -0.143. The first kappa shape index (κ1) is 19.6. The van der Waals surface area contributed by atoms with Crippen molar-refractivity contribution in [3.05, 3.63) is 85.7 Å². The zero-order valence-corrected chi connectivity index (χ0v) is 14.5. The van der Waals surface area contributed by atoms with Crippen LogP contribution in [0.5, 0.6) is 5.75 Å². The first-order valence-corrected chi connectivity index (χ1v) is 7.99. The Morgan fingerprint density at radius 1 is 1.14 bits per heavy atom. The molecule has 146 valence electrons. The minimum atomic E-state index is -5.05. The van der Waals surface area contributed by atoms with Gasteiger partial charge < -0.3 is 4.74 Å². The van der Waals surface area contributed by atoms with Gasteiger partial charge in [-0.15, -0.1) is 0 Å². The van der Waals surface area contributed by atoms with Gasteiger partial charge in [0.05, 0.1) is 5.69 Å². The molecule has 0 atom stereocenters. The van der Waals surface area contributed by atoms with E-state index in [0.717, 1.165) is 12.1 Å². The number of benzene rings is 1. The molecule has 3 rings (SSSR count). The SMILES string of the molecule is O=c1cc(C(F)(F)F)n(-c2ccc(OCc3ccc(Cl)nc3)cc2F)c(=O)[nH]1. The Hall–Kier alpha value is -3.14. The second-order valence-corrected chi connectivity index (χ2v) is 5.94. The summed E-state index contributed by atoms with van der Waals surface area (Å²) in [5.74, 6) is -1.13. The second kappa shape index (κ2) is 7.47. The van der Waals surface area contributed by atoms with Gasteiger partial charge in [0, 0.05) is 23.9 Å². The van der Waals surface area contributed by atoms with Crippen molar-refractivity contribution in [1.82, 2.24) is 14.5 Å². The number of pyridine rings is 1. The van der Waals surface area contributed by atoms with Crippen LogP contribution in [-0.2, 0) is 12.8 Å². The molecule has 0 fully saturated rings. The lowest BCUT2D eigenvalue weighted by atomic mass is 10.2. The number of rotatable bonds is 4. The molecule has 0 bridgehead atoms. The maximum absolute atomic E-state index is 14.4. The molecule has 2 aromatic heterocycles. The average Bonchev–Trinajstić information content (AvgIpc) is 2.61. The van der Waals surface area contributed by atoms with Crippen molar-refractivity contribution in [2.45, 2.75) is 12.8 Å². The summed E-state index contributed by atoms with van der Waals surface area (Å²) in [6, 6.07) is 6.31. The molecule has 28 heavy (non-hydrogen) atoms. The van der Waals surface area contributed by atoms with Crippen molar-refractivity contribution in [3.8, 4) is 11.4 Å². The van der Waals surface area contributed by atoms with Crippen LogP contribution in [0.2, 0.25) is 5.15 Å². The van der Waals surface area contributed by atoms with E-state index in [1.54, 1.807) is 11.1 Å². The number of H-pyrrole nitrogens is 1. The van der Waals surface area contributed by atoms with Crippen LogP contribution in [0.1, 0.15) is 11.3 Å². The lowest BCUT2D eigenvalue weighted by Crippen LogP contribution is -2.34. The van der Waals surface area contributed by atoms with E-state index < -0.39 is 34.6 Å². The van der Waals surface area contributed by atoms with E-state index in [0.29, 0.717) is 5.56 Å². The molecule has 0 saturated carbocycles. The molecular weight excluding hydrogens is 406 g/mol. The molecule has 1 aromatic carbocycles. The highest BCUT2D eigenvalue weighted by atomic mass is 35.5. The van der Waals surface area contributed by atoms with Gasteiger partial charge in [0.2, 0.25) is 0 Å². The topological polar surface area (TPSA) is 77.0 Å². The molecule has 0 radical (unpaired) electrons. The Kier molecular flexibility index (Phi) is 5.23. The molecule has 11 heteroatoms. The highest BCUT2D eigenvalue weighted by molar-refractivity contribution is 6.29. The van der Waals surface area contributed by atoms with Crippen LogP contribution < -0.4 is 16.0 Å². The average molecular weight is 416 g/mol. The Labute approximate surface area is 159 Å². The predicted octanol–water partition coefficient (Wildman–Crippen LogP) is 3.31. The van der Waals surface area contributed by atoms with Gasteiger partial charge in [-0.1, -0.05) is 17.7 Å². The van der Waals surface area contributed by atoms with E-state index in [4.69, 9.17) is 16.3 Å². The normalized spacial score (nSPS) is 11.5. The van der Waals surface area contributed by atoms with Crippen LogP contribution in [-0.4, -0.2) is 14.5 Å². The van der Waals surface area contributed by atoms with Crippen molar-refractivity contribution < 1.29 is 22.3 Å².